The highest BCUT2D eigenvalue weighted by Gasteiger charge is 2.31. The number of carbonyl (C=O) groups excluding carboxylic acids is 1. The second-order valence-electron chi connectivity index (χ2n) is 6.01. The van der Waals surface area contributed by atoms with E-state index in [0.717, 1.165) is 37.4 Å². The Bertz CT molecular complexity index is 719. The molecule has 2 aromatic rings. The summed E-state index contributed by atoms with van der Waals surface area (Å²) in [5.41, 5.74) is 8.20. The Kier molecular flexibility index (Phi) is 3.06. The molecule has 0 radical (unpaired) electrons. The SMILES string of the molecule is NC(=O)c1cnn(C2CN(c3cc4c(nn3)CCCC4)C2)c1. The van der Waals surface area contributed by atoms with Crippen molar-refractivity contribution < 1.29 is 4.79 Å². The van der Waals surface area contributed by atoms with Gasteiger partial charge in [0.25, 0.3) is 5.91 Å². The van der Waals surface area contributed by atoms with Crippen LogP contribution >= 0.6 is 0 Å². The third-order valence-corrected chi connectivity index (χ3v) is 4.50. The van der Waals surface area contributed by atoms with Crippen LogP contribution in [0.1, 0.15) is 40.5 Å². The lowest BCUT2D eigenvalue weighted by atomic mass is 9.96. The molecule has 3 heterocycles. The van der Waals surface area contributed by atoms with Crippen LogP contribution in [-0.2, 0) is 12.8 Å². The number of fused-ring (bicyclic) bond motifs is 1. The second-order valence-corrected chi connectivity index (χ2v) is 6.01. The molecule has 7 heteroatoms. The van der Waals surface area contributed by atoms with E-state index in [4.69, 9.17) is 5.73 Å². The minimum atomic E-state index is -0.442. The van der Waals surface area contributed by atoms with E-state index in [-0.39, 0.29) is 6.04 Å². The lowest BCUT2D eigenvalue weighted by Gasteiger charge is -2.40. The van der Waals surface area contributed by atoms with Crippen molar-refractivity contribution in [2.75, 3.05) is 18.0 Å². The van der Waals surface area contributed by atoms with Gasteiger partial charge in [-0.15, -0.1) is 5.10 Å². The summed E-state index contributed by atoms with van der Waals surface area (Å²) in [6.45, 7) is 1.65. The molecule has 1 fully saturated rings. The maximum atomic E-state index is 11.1. The standard InChI is InChI=1S/C15H18N6O/c16-15(22)11-6-17-21(7-11)12-8-20(9-12)14-5-10-3-1-2-4-13(10)18-19-14/h5-7,12H,1-4,8-9H2,(H2,16,22). The van der Waals surface area contributed by atoms with Crippen LogP contribution in [0.3, 0.4) is 0 Å². The molecule has 4 rings (SSSR count). The summed E-state index contributed by atoms with van der Waals surface area (Å²) >= 11 is 0. The lowest BCUT2D eigenvalue weighted by Crippen LogP contribution is -2.48. The highest BCUT2D eigenvalue weighted by molar-refractivity contribution is 5.92. The van der Waals surface area contributed by atoms with Gasteiger partial charge in [-0.05, 0) is 37.3 Å². The molecule has 2 N–H and O–H groups in total. The van der Waals surface area contributed by atoms with E-state index in [1.54, 1.807) is 6.20 Å². The largest absolute Gasteiger partial charge is 0.366 e. The van der Waals surface area contributed by atoms with Crippen LogP contribution in [0.5, 0.6) is 0 Å². The van der Waals surface area contributed by atoms with Crippen molar-refractivity contribution in [3.8, 4) is 0 Å². The number of aromatic nitrogens is 4. The summed E-state index contributed by atoms with van der Waals surface area (Å²) < 4.78 is 1.81. The molecule has 22 heavy (non-hydrogen) atoms. The van der Waals surface area contributed by atoms with Crippen LogP contribution in [0.25, 0.3) is 0 Å². The monoisotopic (exact) mass is 298 g/mol. The fraction of sp³-hybridized carbons (Fsp3) is 0.467. The molecule has 7 nitrogen and oxygen atoms in total. The predicted molar refractivity (Wildman–Crippen MR) is 80.7 cm³/mol. The van der Waals surface area contributed by atoms with Crippen LogP contribution in [0.15, 0.2) is 18.5 Å². The Morgan fingerprint density at radius 1 is 1.23 bits per heavy atom. The summed E-state index contributed by atoms with van der Waals surface area (Å²) in [4.78, 5) is 13.3. The van der Waals surface area contributed by atoms with Gasteiger partial charge in [-0.1, -0.05) is 0 Å². The topological polar surface area (TPSA) is 89.9 Å². The molecule has 0 unspecified atom stereocenters. The molecule has 1 amide bonds. The number of hydrogen-bond acceptors (Lipinski definition) is 5. The van der Waals surface area contributed by atoms with E-state index < -0.39 is 5.91 Å². The first kappa shape index (κ1) is 13.2. The van der Waals surface area contributed by atoms with Crippen molar-refractivity contribution in [3.63, 3.8) is 0 Å². The fourth-order valence-corrected chi connectivity index (χ4v) is 3.11. The van der Waals surface area contributed by atoms with Crippen LogP contribution in [0.4, 0.5) is 5.82 Å². The van der Waals surface area contributed by atoms with Crippen molar-refractivity contribution in [1.29, 1.82) is 0 Å². The fourth-order valence-electron chi connectivity index (χ4n) is 3.11. The van der Waals surface area contributed by atoms with Gasteiger partial charge in [0.2, 0.25) is 0 Å². The molecule has 1 saturated heterocycles. The number of hydrogen-bond donors (Lipinski definition) is 1. The van der Waals surface area contributed by atoms with Crippen LogP contribution < -0.4 is 10.6 Å². The van der Waals surface area contributed by atoms with Crippen molar-refractivity contribution in [3.05, 3.63) is 35.3 Å². The van der Waals surface area contributed by atoms with Gasteiger partial charge in [-0.2, -0.15) is 10.2 Å². The molecule has 1 aliphatic heterocycles. The number of primary amides is 1. The summed E-state index contributed by atoms with van der Waals surface area (Å²) in [5.74, 6) is 0.502. The summed E-state index contributed by atoms with van der Waals surface area (Å²) in [5, 5.41) is 12.9. The maximum absolute atomic E-state index is 11.1. The molecule has 0 atom stereocenters. The van der Waals surface area contributed by atoms with E-state index >= 15 is 0 Å². The Morgan fingerprint density at radius 2 is 2.05 bits per heavy atom. The quantitative estimate of drug-likeness (QED) is 0.901. The van der Waals surface area contributed by atoms with E-state index in [0.29, 0.717) is 5.56 Å². The molecular weight excluding hydrogens is 280 g/mol. The van der Waals surface area contributed by atoms with Gasteiger partial charge in [-0.3, -0.25) is 9.48 Å². The number of rotatable bonds is 3. The number of amides is 1. The van der Waals surface area contributed by atoms with Crippen LogP contribution in [0, 0.1) is 0 Å². The van der Waals surface area contributed by atoms with Crippen molar-refractivity contribution in [2.24, 2.45) is 5.73 Å². The number of anilines is 1. The molecule has 2 aromatic heterocycles. The Labute approximate surface area is 128 Å². The molecule has 0 saturated carbocycles. The maximum Gasteiger partial charge on any atom is 0.251 e. The van der Waals surface area contributed by atoms with Gasteiger partial charge >= 0.3 is 0 Å². The zero-order valence-electron chi connectivity index (χ0n) is 12.3. The van der Waals surface area contributed by atoms with Gasteiger partial charge in [0.1, 0.15) is 0 Å². The molecule has 0 spiro atoms. The molecule has 0 bridgehead atoms. The number of aryl methyl sites for hydroxylation is 2. The van der Waals surface area contributed by atoms with Gasteiger partial charge in [0.05, 0.1) is 23.5 Å². The average molecular weight is 298 g/mol. The smallest absolute Gasteiger partial charge is 0.251 e. The van der Waals surface area contributed by atoms with Gasteiger partial charge in [-0.25, -0.2) is 0 Å². The highest BCUT2D eigenvalue weighted by atomic mass is 16.1. The van der Waals surface area contributed by atoms with Crippen molar-refractivity contribution in [1.82, 2.24) is 20.0 Å². The third kappa shape index (κ3) is 2.22. The highest BCUT2D eigenvalue weighted by Crippen LogP contribution is 2.28. The normalized spacial score (nSPS) is 17.9. The van der Waals surface area contributed by atoms with Gasteiger partial charge < -0.3 is 10.6 Å². The minimum absolute atomic E-state index is 0.255. The zero-order chi connectivity index (χ0) is 15.1. The van der Waals surface area contributed by atoms with E-state index in [1.807, 2.05) is 4.68 Å². The number of nitrogens with zero attached hydrogens (tertiary/aromatic N) is 5. The zero-order valence-corrected chi connectivity index (χ0v) is 12.3. The lowest BCUT2D eigenvalue weighted by molar-refractivity contribution is 0.1000. The first-order chi connectivity index (χ1) is 10.7. The van der Waals surface area contributed by atoms with Crippen molar-refractivity contribution >= 4 is 11.7 Å². The Balaban J connectivity index is 1.45. The number of carbonyl (C=O) groups is 1. The second kappa shape index (κ2) is 5.08. The Morgan fingerprint density at radius 3 is 2.82 bits per heavy atom. The van der Waals surface area contributed by atoms with E-state index in [2.05, 4.69) is 26.3 Å². The first-order valence-electron chi connectivity index (χ1n) is 7.65. The summed E-state index contributed by atoms with van der Waals surface area (Å²) in [6, 6.07) is 2.43. The first-order valence-corrected chi connectivity index (χ1v) is 7.65. The van der Waals surface area contributed by atoms with E-state index in [9.17, 15) is 4.79 Å². The molecule has 2 aliphatic rings. The number of nitrogens with two attached hydrogens (primary N) is 1. The molecule has 114 valence electrons. The van der Waals surface area contributed by atoms with Gasteiger partial charge in [0, 0.05) is 19.3 Å². The van der Waals surface area contributed by atoms with E-state index in [1.165, 1.54) is 24.6 Å². The van der Waals surface area contributed by atoms with Crippen LogP contribution in [-0.4, -0.2) is 39.0 Å². The summed E-state index contributed by atoms with van der Waals surface area (Å²) in [6.07, 6.45) is 7.84. The molecule has 0 aromatic carbocycles. The van der Waals surface area contributed by atoms with Crippen molar-refractivity contribution in [2.45, 2.75) is 31.7 Å². The summed E-state index contributed by atoms with van der Waals surface area (Å²) in [7, 11) is 0. The minimum Gasteiger partial charge on any atom is -0.366 e. The predicted octanol–water partition coefficient (Wildman–Crippen LogP) is 0.712. The average Bonchev–Trinajstić information content (AvgIpc) is 2.95. The molecule has 1 aliphatic carbocycles. The third-order valence-electron chi connectivity index (χ3n) is 4.50. The molecular formula is C15H18N6O. The van der Waals surface area contributed by atoms with Crippen LogP contribution in [0.2, 0.25) is 0 Å². The van der Waals surface area contributed by atoms with Gasteiger partial charge in [0.15, 0.2) is 5.82 Å². The Hall–Kier alpha value is -2.44.